The fourth-order valence-corrected chi connectivity index (χ4v) is 1.96. The summed E-state index contributed by atoms with van der Waals surface area (Å²) in [5, 5.41) is 0.387. The maximum atomic E-state index is 13.6. The summed E-state index contributed by atoms with van der Waals surface area (Å²) in [5.74, 6) is -4.03. The van der Waals surface area contributed by atoms with Crippen LogP contribution in [0.4, 0.5) is 17.6 Å². The topological polar surface area (TPSA) is 48.1 Å². The van der Waals surface area contributed by atoms with Gasteiger partial charge in [0.25, 0.3) is 0 Å². The van der Waals surface area contributed by atoms with Crippen LogP contribution in [0.3, 0.4) is 0 Å². The first-order valence-electron chi connectivity index (χ1n) is 6.33. The number of nitrogens with zero attached hydrogens (tertiary/aromatic N) is 1. The van der Waals surface area contributed by atoms with Crippen molar-refractivity contribution in [3.63, 3.8) is 0 Å². The molecule has 2 rings (SSSR count). The highest BCUT2D eigenvalue weighted by Crippen LogP contribution is 2.32. The lowest BCUT2D eigenvalue weighted by atomic mass is 10.0. The number of ether oxygens (including phenoxy) is 1. The zero-order chi connectivity index (χ0) is 17.2. The second kappa shape index (κ2) is 6.99. The van der Waals surface area contributed by atoms with Gasteiger partial charge in [-0.2, -0.15) is 8.78 Å². The fourth-order valence-electron chi connectivity index (χ4n) is 1.78. The van der Waals surface area contributed by atoms with Crippen molar-refractivity contribution in [1.29, 1.82) is 0 Å². The van der Waals surface area contributed by atoms with Gasteiger partial charge < -0.3 is 10.5 Å². The number of hydrogen-bond donors (Lipinski definition) is 1. The minimum atomic E-state index is -4.11. The summed E-state index contributed by atoms with van der Waals surface area (Å²) in [6.45, 7) is 0. The van der Waals surface area contributed by atoms with Crippen LogP contribution in [0.15, 0.2) is 36.5 Å². The van der Waals surface area contributed by atoms with Gasteiger partial charge in [0.15, 0.2) is 0 Å². The average Bonchev–Trinajstić information content (AvgIpc) is 2.46. The first-order valence-corrected chi connectivity index (χ1v) is 7.37. The molecule has 0 saturated heterocycles. The molecule has 2 unspecified atom stereocenters. The fraction of sp³-hybridized carbons (Fsp3) is 0.214. The molecule has 9 heteroatoms. The van der Waals surface area contributed by atoms with Crippen LogP contribution < -0.4 is 10.5 Å². The monoisotopic (exact) mass is 366 g/mol. The summed E-state index contributed by atoms with van der Waals surface area (Å²) >= 11 is 5.71. The highest BCUT2D eigenvalue weighted by Gasteiger charge is 2.40. The normalized spacial score (nSPS) is 14.4. The summed E-state index contributed by atoms with van der Waals surface area (Å²) in [4.78, 5) is 3.99. The summed E-state index contributed by atoms with van der Waals surface area (Å²) in [5.41, 5.74) is 6.43. The van der Waals surface area contributed by atoms with Crippen LogP contribution in [-0.2, 0) is 0 Å². The van der Waals surface area contributed by atoms with E-state index < -0.39 is 29.6 Å². The van der Waals surface area contributed by atoms with Gasteiger partial charge in [-0.3, -0.25) is 4.98 Å². The third-order valence-corrected chi connectivity index (χ3v) is 3.51. The lowest BCUT2D eigenvalue weighted by Crippen LogP contribution is -2.32. The Balaban J connectivity index is 2.31. The molecule has 0 saturated carbocycles. The van der Waals surface area contributed by atoms with E-state index in [1.165, 1.54) is 27.6 Å². The van der Waals surface area contributed by atoms with Crippen molar-refractivity contribution in [3.8, 4) is 5.75 Å². The maximum Gasteiger partial charge on any atom is 0.433 e. The van der Waals surface area contributed by atoms with Crippen molar-refractivity contribution >= 4 is 20.8 Å². The van der Waals surface area contributed by atoms with Crippen molar-refractivity contribution in [2.24, 2.45) is 5.73 Å². The van der Waals surface area contributed by atoms with Gasteiger partial charge >= 0.3 is 6.11 Å². The predicted molar refractivity (Wildman–Crippen MR) is 81.9 cm³/mol. The Morgan fingerprint density at radius 3 is 2.52 bits per heavy atom. The highest BCUT2D eigenvalue weighted by molar-refractivity contribution is 7.17. The SMILES string of the molecule is N[C@@H](c1cc(F)cc(OC(F)(F)C(F)P)c1)c1ccc(Cl)cn1. The van der Waals surface area contributed by atoms with E-state index in [1.54, 1.807) is 0 Å². The van der Waals surface area contributed by atoms with Crippen molar-refractivity contribution in [2.45, 2.75) is 18.1 Å². The summed E-state index contributed by atoms with van der Waals surface area (Å²) in [6.07, 6.45) is -2.76. The molecule has 3 atom stereocenters. The van der Waals surface area contributed by atoms with Gasteiger partial charge in [0.2, 0.25) is 5.91 Å². The van der Waals surface area contributed by atoms with E-state index in [2.05, 4.69) is 9.72 Å². The molecule has 1 aromatic heterocycles. The minimum absolute atomic E-state index is 0.143. The van der Waals surface area contributed by atoms with E-state index in [0.29, 0.717) is 16.8 Å². The molecule has 0 fully saturated rings. The largest absolute Gasteiger partial charge is 0.433 e. The number of aromatic nitrogens is 1. The Morgan fingerprint density at radius 2 is 1.96 bits per heavy atom. The smallest absolute Gasteiger partial charge is 0.430 e. The summed E-state index contributed by atoms with van der Waals surface area (Å²) < 4.78 is 57.2. The molecule has 0 amide bonds. The van der Waals surface area contributed by atoms with Gasteiger partial charge in [0.05, 0.1) is 16.8 Å². The zero-order valence-corrected chi connectivity index (χ0v) is 13.4. The van der Waals surface area contributed by atoms with E-state index in [0.717, 1.165) is 12.1 Å². The van der Waals surface area contributed by atoms with E-state index in [9.17, 15) is 17.6 Å². The second-order valence-electron chi connectivity index (χ2n) is 4.66. The van der Waals surface area contributed by atoms with Crippen LogP contribution in [0, 0.1) is 5.82 Å². The van der Waals surface area contributed by atoms with Gasteiger partial charge in [-0.05, 0) is 29.8 Å². The van der Waals surface area contributed by atoms with Gasteiger partial charge in [-0.15, -0.1) is 0 Å². The first kappa shape index (κ1) is 17.9. The number of nitrogens with two attached hydrogens (primary N) is 1. The van der Waals surface area contributed by atoms with E-state index in [1.807, 2.05) is 0 Å². The van der Waals surface area contributed by atoms with Crippen LogP contribution >= 0.6 is 20.8 Å². The van der Waals surface area contributed by atoms with Crippen LogP contribution in [0.2, 0.25) is 5.02 Å². The van der Waals surface area contributed by atoms with Crippen molar-refractivity contribution in [2.75, 3.05) is 0 Å². The molecule has 1 aromatic carbocycles. The standard InChI is InChI=1S/C14H12ClF4N2OP/c15-8-1-2-11(21-6-8)12(20)7-3-9(16)5-10(4-7)22-14(18,19)13(17)23/h1-6,12-13H,20,23H2/t12-,13?/m0/s1. The molecule has 1 heterocycles. The van der Waals surface area contributed by atoms with Crippen molar-refractivity contribution in [1.82, 2.24) is 4.98 Å². The Kier molecular flexibility index (Phi) is 5.45. The van der Waals surface area contributed by atoms with E-state index >= 15 is 0 Å². The predicted octanol–water partition coefficient (Wildman–Crippen LogP) is 4.06. The number of hydrogen-bond acceptors (Lipinski definition) is 3. The minimum Gasteiger partial charge on any atom is -0.430 e. The molecule has 124 valence electrons. The van der Waals surface area contributed by atoms with E-state index in [-0.39, 0.29) is 5.56 Å². The molecule has 0 aliphatic carbocycles. The molecule has 0 spiro atoms. The third kappa shape index (κ3) is 4.53. The number of pyridine rings is 1. The van der Waals surface area contributed by atoms with Gasteiger partial charge in [-0.1, -0.05) is 20.8 Å². The van der Waals surface area contributed by atoms with Crippen LogP contribution in [0.5, 0.6) is 5.75 Å². The molecule has 2 N–H and O–H groups in total. The van der Waals surface area contributed by atoms with Crippen molar-refractivity contribution < 1.29 is 22.3 Å². The molecule has 0 aliphatic heterocycles. The van der Waals surface area contributed by atoms with Crippen LogP contribution in [0.25, 0.3) is 0 Å². The second-order valence-corrected chi connectivity index (χ2v) is 5.69. The average molecular weight is 367 g/mol. The molecule has 23 heavy (non-hydrogen) atoms. The van der Waals surface area contributed by atoms with Gasteiger partial charge in [-0.25, -0.2) is 8.78 Å². The molecule has 2 aromatic rings. The quantitative estimate of drug-likeness (QED) is 0.641. The number of halogens is 5. The number of benzene rings is 1. The summed E-state index contributed by atoms with van der Waals surface area (Å²) in [6, 6.07) is 5.04. The molecule has 3 nitrogen and oxygen atoms in total. The molecular weight excluding hydrogens is 355 g/mol. The third-order valence-electron chi connectivity index (χ3n) is 2.90. The number of alkyl halides is 3. The number of rotatable bonds is 5. The molecular formula is C14H12ClF4N2OP. The lowest BCUT2D eigenvalue weighted by Gasteiger charge is -2.20. The zero-order valence-electron chi connectivity index (χ0n) is 11.5. The summed E-state index contributed by atoms with van der Waals surface area (Å²) in [7, 11) is 1.28. The Labute approximate surface area is 137 Å². The van der Waals surface area contributed by atoms with Gasteiger partial charge in [0.1, 0.15) is 11.6 Å². The first-order chi connectivity index (χ1) is 10.7. The molecule has 0 radical (unpaired) electrons. The van der Waals surface area contributed by atoms with Gasteiger partial charge in [0, 0.05) is 12.3 Å². The van der Waals surface area contributed by atoms with Crippen LogP contribution in [0.1, 0.15) is 17.3 Å². The lowest BCUT2D eigenvalue weighted by molar-refractivity contribution is -0.197. The Bertz CT molecular complexity index is 685. The maximum absolute atomic E-state index is 13.6. The van der Waals surface area contributed by atoms with E-state index in [4.69, 9.17) is 17.3 Å². The Hall–Kier alpha value is -1.43. The highest BCUT2D eigenvalue weighted by atomic mass is 35.5. The Morgan fingerprint density at radius 1 is 1.26 bits per heavy atom. The van der Waals surface area contributed by atoms with Crippen LogP contribution in [-0.4, -0.2) is 17.0 Å². The molecule has 0 bridgehead atoms. The molecule has 0 aliphatic rings. The van der Waals surface area contributed by atoms with Crippen molar-refractivity contribution in [3.05, 3.63) is 58.6 Å².